The Hall–Kier alpha value is -1.02. The molecule has 1 N–H and O–H groups in total. The average molecular weight is 308 g/mol. The first-order chi connectivity index (χ1) is 9.60. The maximum atomic E-state index is 6.09. The van der Waals surface area contributed by atoms with Crippen LogP contribution in [0.5, 0.6) is 0 Å². The molecule has 1 unspecified atom stereocenters. The van der Waals surface area contributed by atoms with Gasteiger partial charge in [-0.1, -0.05) is 66.0 Å². The maximum Gasteiger partial charge on any atom is 0.0595 e. The molecule has 106 valence electrons. The van der Waals surface area contributed by atoms with E-state index in [1.807, 2.05) is 18.2 Å². The number of halogens is 2. The molecular formula is C17H19Cl2N. The number of likely N-dealkylation sites (N-methyl/N-ethyl adjacent to an activating group) is 1. The SMILES string of the molecule is CCNC(Cc1ccc(Cl)c(Cl)c1)c1cccc(C)c1. The van der Waals surface area contributed by atoms with Gasteiger partial charge in [0.2, 0.25) is 0 Å². The van der Waals surface area contributed by atoms with Gasteiger partial charge < -0.3 is 5.32 Å². The molecule has 0 radical (unpaired) electrons. The van der Waals surface area contributed by atoms with Crippen molar-refractivity contribution in [3.05, 3.63) is 69.2 Å². The van der Waals surface area contributed by atoms with E-state index in [2.05, 4.69) is 43.4 Å². The Labute approximate surface area is 130 Å². The van der Waals surface area contributed by atoms with Gasteiger partial charge in [-0.25, -0.2) is 0 Å². The zero-order valence-electron chi connectivity index (χ0n) is 11.8. The lowest BCUT2D eigenvalue weighted by Crippen LogP contribution is -2.23. The predicted octanol–water partition coefficient (Wildman–Crippen LogP) is 5.20. The van der Waals surface area contributed by atoms with Gasteiger partial charge in [0, 0.05) is 6.04 Å². The second-order valence-electron chi connectivity index (χ2n) is 4.98. The van der Waals surface area contributed by atoms with Gasteiger partial charge in [-0.2, -0.15) is 0 Å². The van der Waals surface area contributed by atoms with E-state index in [0.717, 1.165) is 13.0 Å². The lowest BCUT2D eigenvalue weighted by molar-refractivity contribution is 0.549. The number of nitrogens with one attached hydrogen (secondary N) is 1. The topological polar surface area (TPSA) is 12.0 Å². The second kappa shape index (κ2) is 7.12. The van der Waals surface area contributed by atoms with Crippen molar-refractivity contribution in [2.45, 2.75) is 26.3 Å². The second-order valence-corrected chi connectivity index (χ2v) is 5.79. The molecule has 1 nitrogen and oxygen atoms in total. The lowest BCUT2D eigenvalue weighted by Gasteiger charge is -2.19. The third-order valence-corrected chi connectivity index (χ3v) is 4.06. The largest absolute Gasteiger partial charge is 0.310 e. The van der Waals surface area contributed by atoms with Gasteiger partial charge in [0.15, 0.2) is 0 Å². The van der Waals surface area contributed by atoms with Crippen LogP contribution in [0.15, 0.2) is 42.5 Å². The van der Waals surface area contributed by atoms with Crippen molar-refractivity contribution in [2.24, 2.45) is 0 Å². The van der Waals surface area contributed by atoms with Gasteiger partial charge in [0.05, 0.1) is 10.0 Å². The predicted molar refractivity (Wildman–Crippen MR) is 87.8 cm³/mol. The third kappa shape index (κ3) is 3.99. The Kier molecular flexibility index (Phi) is 5.47. The molecule has 0 heterocycles. The number of aryl methyl sites for hydroxylation is 1. The zero-order valence-corrected chi connectivity index (χ0v) is 13.3. The Morgan fingerprint density at radius 3 is 2.50 bits per heavy atom. The number of rotatable bonds is 5. The van der Waals surface area contributed by atoms with E-state index < -0.39 is 0 Å². The molecule has 3 heteroatoms. The highest BCUT2D eigenvalue weighted by atomic mass is 35.5. The highest BCUT2D eigenvalue weighted by molar-refractivity contribution is 6.42. The van der Waals surface area contributed by atoms with E-state index in [1.54, 1.807) is 0 Å². The van der Waals surface area contributed by atoms with Crippen LogP contribution in [0.25, 0.3) is 0 Å². The van der Waals surface area contributed by atoms with Crippen LogP contribution in [0.1, 0.15) is 29.7 Å². The van der Waals surface area contributed by atoms with Crippen LogP contribution in [0, 0.1) is 6.92 Å². The first kappa shape index (κ1) is 15.4. The molecule has 0 aliphatic carbocycles. The Morgan fingerprint density at radius 2 is 1.85 bits per heavy atom. The van der Waals surface area contributed by atoms with Crippen molar-refractivity contribution in [1.29, 1.82) is 0 Å². The van der Waals surface area contributed by atoms with Crippen LogP contribution < -0.4 is 5.32 Å². The number of hydrogen-bond acceptors (Lipinski definition) is 1. The Balaban J connectivity index is 2.22. The first-order valence-electron chi connectivity index (χ1n) is 6.84. The lowest BCUT2D eigenvalue weighted by atomic mass is 9.97. The summed E-state index contributed by atoms with van der Waals surface area (Å²) in [4.78, 5) is 0. The molecule has 0 fully saturated rings. The summed E-state index contributed by atoms with van der Waals surface area (Å²) in [7, 11) is 0. The van der Waals surface area contributed by atoms with Gasteiger partial charge in [0.1, 0.15) is 0 Å². The van der Waals surface area contributed by atoms with E-state index in [4.69, 9.17) is 23.2 Å². The average Bonchev–Trinajstić information content (AvgIpc) is 2.42. The van der Waals surface area contributed by atoms with Gasteiger partial charge in [-0.05, 0) is 43.1 Å². The van der Waals surface area contributed by atoms with Gasteiger partial charge in [-0.3, -0.25) is 0 Å². The molecule has 2 rings (SSSR count). The monoisotopic (exact) mass is 307 g/mol. The minimum Gasteiger partial charge on any atom is -0.310 e. The minimum atomic E-state index is 0.289. The maximum absolute atomic E-state index is 6.09. The number of hydrogen-bond donors (Lipinski definition) is 1. The first-order valence-corrected chi connectivity index (χ1v) is 7.59. The van der Waals surface area contributed by atoms with Crippen LogP contribution >= 0.6 is 23.2 Å². The van der Waals surface area contributed by atoms with E-state index in [1.165, 1.54) is 16.7 Å². The molecule has 20 heavy (non-hydrogen) atoms. The fraction of sp³-hybridized carbons (Fsp3) is 0.294. The molecule has 0 saturated carbocycles. The van der Waals surface area contributed by atoms with E-state index >= 15 is 0 Å². The zero-order chi connectivity index (χ0) is 14.5. The molecule has 1 atom stereocenters. The molecule has 0 amide bonds. The van der Waals surface area contributed by atoms with Gasteiger partial charge in [0.25, 0.3) is 0 Å². The molecule has 2 aromatic carbocycles. The highest BCUT2D eigenvalue weighted by Gasteiger charge is 2.12. The summed E-state index contributed by atoms with van der Waals surface area (Å²) in [5, 5.41) is 4.75. The van der Waals surface area contributed by atoms with Crippen LogP contribution in [-0.2, 0) is 6.42 Å². The van der Waals surface area contributed by atoms with E-state index in [-0.39, 0.29) is 6.04 Å². The van der Waals surface area contributed by atoms with Crippen LogP contribution in [0.4, 0.5) is 0 Å². The third-order valence-electron chi connectivity index (χ3n) is 3.32. The molecular weight excluding hydrogens is 289 g/mol. The molecule has 0 bridgehead atoms. The summed E-state index contributed by atoms with van der Waals surface area (Å²) in [6, 6.07) is 14.7. The molecule has 0 spiro atoms. The van der Waals surface area contributed by atoms with Gasteiger partial charge in [-0.15, -0.1) is 0 Å². The Morgan fingerprint density at radius 1 is 1.05 bits per heavy atom. The molecule has 0 saturated heterocycles. The summed E-state index contributed by atoms with van der Waals surface area (Å²) in [6.07, 6.45) is 0.897. The van der Waals surface area contributed by atoms with Crippen molar-refractivity contribution < 1.29 is 0 Å². The van der Waals surface area contributed by atoms with E-state index in [9.17, 15) is 0 Å². The molecule has 0 aliphatic rings. The van der Waals surface area contributed by atoms with E-state index in [0.29, 0.717) is 10.0 Å². The number of benzene rings is 2. The summed E-state index contributed by atoms with van der Waals surface area (Å²) >= 11 is 12.1. The normalized spacial score (nSPS) is 12.4. The summed E-state index contributed by atoms with van der Waals surface area (Å²) in [6.45, 7) is 5.17. The summed E-state index contributed by atoms with van der Waals surface area (Å²) in [5.41, 5.74) is 3.77. The van der Waals surface area contributed by atoms with Crippen LogP contribution in [-0.4, -0.2) is 6.54 Å². The minimum absolute atomic E-state index is 0.289. The van der Waals surface area contributed by atoms with Crippen molar-refractivity contribution in [1.82, 2.24) is 5.32 Å². The summed E-state index contributed by atoms with van der Waals surface area (Å²) < 4.78 is 0. The molecule has 0 aliphatic heterocycles. The summed E-state index contributed by atoms with van der Waals surface area (Å²) in [5.74, 6) is 0. The van der Waals surface area contributed by atoms with Gasteiger partial charge >= 0.3 is 0 Å². The molecule has 0 aromatic heterocycles. The Bertz CT molecular complexity index is 581. The van der Waals surface area contributed by atoms with Crippen molar-refractivity contribution in [2.75, 3.05) is 6.54 Å². The quantitative estimate of drug-likeness (QED) is 0.801. The fourth-order valence-corrected chi connectivity index (χ4v) is 2.66. The van der Waals surface area contributed by atoms with Crippen molar-refractivity contribution in [3.8, 4) is 0 Å². The van der Waals surface area contributed by atoms with Crippen molar-refractivity contribution in [3.63, 3.8) is 0 Å². The van der Waals surface area contributed by atoms with Crippen LogP contribution in [0.2, 0.25) is 10.0 Å². The fourth-order valence-electron chi connectivity index (χ4n) is 2.34. The smallest absolute Gasteiger partial charge is 0.0595 e. The molecule has 2 aromatic rings. The highest BCUT2D eigenvalue weighted by Crippen LogP contribution is 2.26. The van der Waals surface area contributed by atoms with Crippen molar-refractivity contribution >= 4 is 23.2 Å². The van der Waals surface area contributed by atoms with Crippen LogP contribution in [0.3, 0.4) is 0 Å². The standard InChI is InChI=1S/C17H19Cl2N/c1-3-20-17(14-6-4-5-12(2)9-14)11-13-7-8-15(18)16(19)10-13/h4-10,17,20H,3,11H2,1-2H3.